The van der Waals surface area contributed by atoms with Crippen molar-refractivity contribution in [3.63, 3.8) is 0 Å². The molecule has 1 aromatic carbocycles. The Labute approximate surface area is 125 Å². The van der Waals surface area contributed by atoms with E-state index in [0.29, 0.717) is 17.9 Å². The molecule has 1 aromatic rings. The van der Waals surface area contributed by atoms with Crippen molar-refractivity contribution < 1.29 is 14.3 Å². The molecule has 21 heavy (non-hydrogen) atoms. The van der Waals surface area contributed by atoms with E-state index < -0.39 is 11.9 Å². The number of ether oxygens (including phenoxy) is 1. The van der Waals surface area contributed by atoms with Crippen molar-refractivity contribution in [2.75, 3.05) is 6.61 Å². The zero-order valence-corrected chi connectivity index (χ0v) is 12.7. The fourth-order valence-corrected chi connectivity index (χ4v) is 1.77. The van der Waals surface area contributed by atoms with Gasteiger partial charge in [-0.3, -0.25) is 9.59 Å². The lowest BCUT2D eigenvalue weighted by Crippen LogP contribution is -2.47. The van der Waals surface area contributed by atoms with E-state index in [1.807, 2.05) is 20.8 Å². The Hall–Kier alpha value is -2.30. The van der Waals surface area contributed by atoms with Crippen molar-refractivity contribution >= 4 is 11.8 Å². The van der Waals surface area contributed by atoms with Gasteiger partial charge in [0.05, 0.1) is 5.56 Å². The molecule has 0 bridgehead atoms. The molecule has 0 saturated carbocycles. The number of carbonyl (C=O) groups is 2. The lowest BCUT2D eigenvalue weighted by Gasteiger charge is -2.20. The van der Waals surface area contributed by atoms with Gasteiger partial charge in [0.25, 0.3) is 5.91 Å². The lowest BCUT2D eigenvalue weighted by molar-refractivity contribution is -0.120. The van der Waals surface area contributed by atoms with Gasteiger partial charge >= 0.3 is 0 Å². The maximum atomic E-state index is 12.3. The van der Waals surface area contributed by atoms with Crippen LogP contribution in [0.2, 0.25) is 0 Å². The van der Waals surface area contributed by atoms with Crippen LogP contribution >= 0.6 is 0 Å². The summed E-state index contributed by atoms with van der Waals surface area (Å²) in [4.78, 5) is 23.7. The number of rotatable bonds is 7. The Morgan fingerprint density at radius 1 is 1.33 bits per heavy atom. The quantitative estimate of drug-likeness (QED) is 0.752. The Balaban J connectivity index is 2.91. The molecule has 0 spiro atoms. The summed E-state index contributed by atoms with van der Waals surface area (Å²) in [5, 5.41) is 2.64. The number of nitrogens with two attached hydrogens (primary N) is 1. The van der Waals surface area contributed by atoms with Crippen LogP contribution in [-0.2, 0) is 4.79 Å². The third-order valence-corrected chi connectivity index (χ3v) is 2.87. The van der Waals surface area contributed by atoms with E-state index >= 15 is 0 Å². The second-order valence-corrected chi connectivity index (χ2v) is 5.34. The Morgan fingerprint density at radius 3 is 2.48 bits per heavy atom. The van der Waals surface area contributed by atoms with Crippen molar-refractivity contribution in [2.24, 2.45) is 11.7 Å². The molecule has 5 nitrogen and oxygen atoms in total. The van der Waals surface area contributed by atoms with Crippen molar-refractivity contribution in [2.45, 2.75) is 26.8 Å². The normalized spacial score (nSPS) is 11.8. The maximum Gasteiger partial charge on any atom is 0.255 e. The Kier molecular flexibility index (Phi) is 5.96. The Bertz CT molecular complexity index is 538. The molecule has 114 valence electrons. The molecule has 0 saturated heterocycles. The minimum absolute atomic E-state index is 0.0880. The second kappa shape index (κ2) is 7.47. The largest absolute Gasteiger partial charge is 0.488 e. The van der Waals surface area contributed by atoms with Gasteiger partial charge < -0.3 is 15.8 Å². The van der Waals surface area contributed by atoms with Crippen LogP contribution in [0.4, 0.5) is 0 Å². The molecule has 1 atom stereocenters. The minimum Gasteiger partial charge on any atom is -0.488 e. The molecule has 0 aliphatic rings. The van der Waals surface area contributed by atoms with Crippen molar-refractivity contribution in [1.29, 1.82) is 0 Å². The highest BCUT2D eigenvalue weighted by molar-refractivity contribution is 5.99. The van der Waals surface area contributed by atoms with Gasteiger partial charge in [0.1, 0.15) is 18.4 Å². The first kappa shape index (κ1) is 16.8. The van der Waals surface area contributed by atoms with Crippen LogP contribution in [0.25, 0.3) is 0 Å². The molecule has 0 unspecified atom stereocenters. The molecule has 0 aliphatic heterocycles. The summed E-state index contributed by atoms with van der Waals surface area (Å²) in [5.41, 5.74) is 6.52. The first-order valence-electron chi connectivity index (χ1n) is 6.79. The van der Waals surface area contributed by atoms with E-state index in [9.17, 15) is 9.59 Å². The number of amides is 2. The van der Waals surface area contributed by atoms with Crippen molar-refractivity contribution in [1.82, 2.24) is 5.32 Å². The highest BCUT2D eigenvalue weighted by Gasteiger charge is 2.23. The van der Waals surface area contributed by atoms with Gasteiger partial charge in [-0.2, -0.15) is 0 Å². The van der Waals surface area contributed by atoms with Gasteiger partial charge in [0, 0.05) is 0 Å². The summed E-state index contributed by atoms with van der Waals surface area (Å²) < 4.78 is 5.55. The Morgan fingerprint density at radius 2 is 1.95 bits per heavy atom. The monoisotopic (exact) mass is 290 g/mol. The highest BCUT2D eigenvalue weighted by Crippen LogP contribution is 2.19. The predicted molar refractivity (Wildman–Crippen MR) is 82.0 cm³/mol. The number of benzene rings is 1. The third-order valence-electron chi connectivity index (χ3n) is 2.87. The predicted octanol–water partition coefficient (Wildman–Crippen LogP) is 1.88. The van der Waals surface area contributed by atoms with Gasteiger partial charge in [-0.05, 0) is 30.5 Å². The summed E-state index contributed by atoms with van der Waals surface area (Å²) in [6.45, 7) is 9.55. The molecule has 3 N–H and O–H groups in total. The number of carbonyl (C=O) groups excluding carboxylic acids is 2. The summed E-state index contributed by atoms with van der Waals surface area (Å²) in [6, 6.07) is 6.13. The number of para-hydroxylation sites is 1. The topological polar surface area (TPSA) is 81.4 Å². The van der Waals surface area contributed by atoms with E-state index in [1.165, 1.54) is 0 Å². The summed E-state index contributed by atoms with van der Waals surface area (Å²) in [6.07, 6.45) is 0. The van der Waals surface area contributed by atoms with E-state index in [2.05, 4.69) is 11.9 Å². The minimum atomic E-state index is -0.716. The number of nitrogens with one attached hydrogen (secondary N) is 1. The van der Waals surface area contributed by atoms with Crippen LogP contribution in [0.15, 0.2) is 36.4 Å². The lowest BCUT2D eigenvalue weighted by atomic mass is 10.0. The molecule has 1 rings (SSSR count). The standard InChI is InChI=1S/C16H22N2O3/c1-10(2)9-21-13-8-6-5-7-12(13)16(20)18-14(11(3)4)15(17)19/h5-8,11,14H,1,9H2,2-4H3,(H2,17,19)(H,18,20)/t14-/m0/s1. The van der Waals surface area contributed by atoms with Gasteiger partial charge in [0.15, 0.2) is 0 Å². The van der Waals surface area contributed by atoms with Crippen molar-refractivity contribution in [3.05, 3.63) is 42.0 Å². The van der Waals surface area contributed by atoms with Crippen molar-refractivity contribution in [3.8, 4) is 5.75 Å². The molecule has 0 radical (unpaired) electrons. The SMILES string of the molecule is C=C(C)COc1ccccc1C(=O)N[C@H](C(N)=O)C(C)C. The average Bonchev–Trinajstić information content (AvgIpc) is 2.41. The maximum absolute atomic E-state index is 12.3. The third kappa shape index (κ3) is 4.95. The fraction of sp³-hybridized carbons (Fsp3) is 0.375. The van der Waals surface area contributed by atoms with Crippen LogP contribution in [0.1, 0.15) is 31.1 Å². The smallest absolute Gasteiger partial charge is 0.255 e. The van der Waals surface area contributed by atoms with E-state index in [-0.39, 0.29) is 11.8 Å². The molecule has 0 aromatic heterocycles. The van der Waals surface area contributed by atoms with Gasteiger partial charge in [-0.1, -0.05) is 32.6 Å². The van der Waals surface area contributed by atoms with E-state index in [4.69, 9.17) is 10.5 Å². The zero-order chi connectivity index (χ0) is 16.0. The van der Waals surface area contributed by atoms with Crippen LogP contribution in [0.3, 0.4) is 0 Å². The van der Waals surface area contributed by atoms with E-state index in [1.54, 1.807) is 24.3 Å². The van der Waals surface area contributed by atoms with Gasteiger partial charge in [-0.25, -0.2) is 0 Å². The van der Waals surface area contributed by atoms with Crippen LogP contribution < -0.4 is 15.8 Å². The van der Waals surface area contributed by atoms with Crippen LogP contribution in [-0.4, -0.2) is 24.5 Å². The molecule has 0 heterocycles. The molecule has 2 amide bonds. The van der Waals surface area contributed by atoms with Gasteiger partial charge in [-0.15, -0.1) is 0 Å². The summed E-state index contributed by atoms with van der Waals surface area (Å²) >= 11 is 0. The molecule has 0 fully saturated rings. The number of hydrogen-bond acceptors (Lipinski definition) is 3. The second-order valence-electron chi connectivity index (χ2n) is 5.34. The number of hydrogen-bond donors (Lipinski definition) is 2. The van der Waals surface area contributed by atoms with Crippen LogP contribution in [0, 0.1) is 5.92 Å². The summed E-state index contributed by atoms with van der Waals surface area (Å²) in [5.74, 6) is -0.580. The fourth-order valence-electron chi connectivity index (χ4n) is 1.77. The zero-order valence-electron chi connectivity index (χ0n) is 12.7. The molecular weight excluding hydrogens is 268 g/mol. The highest BCUT2D eigenvalue weighted by atomic mass is 16.5. The molecular formula is C16H22N2O3. The first-order chi connectivity index (χ1) is 9.82. The van der Waals surface area contributed by atoms with E-state index in [0.717, 1.165) is 5.57 Å². The van der Waals surface area contributed by atoms with Crippen LogP contribution in [0.5, 0.6) is 5.75 Å². The van der Waals surface area contributed by atoms with Gasteiger partial charge in [0.2, 0.25) is 5.91 Å². The molecule has 0 aliphatic carbocycles. The average molecular weight is 290 g/mol. The molecule has 5 heteroatoms. The first-order valence-corrected chi connectivity index (χ1v) is 6.79. The summed E-state index contributed by atoms with van der Waals surface area (Å²) in [7, 11) is 0. The number of primary amides is 1.